The summed E-state index contributed by atoms with van der Waals surface area (Å²) in [6.07, 6.45) is 1.20. The normalized spacial score (nSPS) is 21.9. The van der Waals surface area contributed by atoms with Crippen LogP contribution in [0, 0.1) is 0 Å². The second kappa shape index (κ2) is 6.38. The number of nitrogens with one attached hydrogen (secondary N) is 1. The van der Waals surface area contributed by atoms with Crippen molar-refractivity contribution in [3.05, 3.63) is 0 Å². The highest BCUT2D eigenvalue weighted by atomic mass is 32.2. The van der Waals surface area contributed by atoms with Crippen molar-refractivity contribution >= 4 is 16.0 Å². The van der Waals surface area contributed by atoms with Gasteiger partial charge in [0.05, 0.1) is 6.26 Å². The maximum atomic E-state index is 11.5. The van der Waals surface area contributed by atoms with Crippen LogP contribution in [0.3, 0.4) is 0 Å². The monoisotopic (exact) mass is 307 g/mol. The highest BCUT2D eigenvalue weighted by molar-refractivity contribution is 7.88. The second-order valence-corrected chi connectivity index (χ2v) is 7.86. The fourth-order valence-corrected chi connectivity index (χ4v) is 3.31. The largest absolute Gasteiger partial charge is 0.480 e. The number of rotatable bonds is 6. The number of hydrogen-bond acceptors (Lipinski definition) is 5. The highest BCUT2D eigenvalue weighted by Gasteiger charge is 2.36. The van der Waals surface area contributed by atoms with Crippen LogP contribution in [-0.2, 0) is 14.8 Å². The minimum Gasteiger partial charge on any atom is -0.480 e. The molecule has 20 heavy (non-hydrogen) atoms. The fraction of sp³-hybridized carbons (Fsp3) is 0.917. The van der Waals surface area contributed by atoms with Gasteiger partial charge in [0.15, 0.2) is 0 Å². The SMILES string of the molecule is CC(C)NC(C)(CN1CCN(S(C)(=O)=O)CC1)C(=O)O. The Morgan fingerprint density at radius 3 is 2.15 bits per heavy atom. The number of piperazine rings is 1. The molecule has 1 aliphatic heterocycles. The number of carboxylic acid groups (broad SMARTS) is 1. The summed E-state index contributed by atoms with van der Waals surface area (Å²) in [4.78, 5) is 13.4. The van der Waals surface area contributed by atoms with Crippen LogP contribution in [0.2, 0.25) is 0 Å². The predicted octanol–water partition coefficient (Wildman–Crippen LogP) is -0.595. The Morgan fingerprint density at radius 1 is 1.30 bits per heavy atom. The molecule has 8 heteroatoms. The van der Waals surface area contributed by atoms with E-state index in [9.17, 15) is 18.3 Å². The van der Waals surface area contributed by atoms with Crippen molar-refractivity contribution in [3.63, 3.8) is 0 Å². The zero-order chi connectivity index (χ0) is 15.6. The lowest BCUT2D eigenvalue weighted by Crippen LogP contribution is -2.61. The van der Waals surface area contributed by atoms with Crippen LogP contribution in [0.1, 0.15) is 20.8 Å². The Kier molecular flexibility index (Phi) is 5.54. The summed E-state index contributed by atoms with van der Waals surface area (Å²) in [6.45, 7) is 7.76. The number of sulfonamides is 1. The zero-order valence-corrected chi connectivity index (χ0v) is 13.4. The second-order valence-electron chi connectivity index (χ2n) is 5.87. The van der Waals surface area contributed by atoms with E-state index in [4.69, 9.17) is 0 Å². The summed E-state index contributed by atoms with van der Waals surface area (Å²) in [7, 11) is -3.15. The van der Waals surface area contributed by atoms with Gasteiger partial charge < -0.3 is 5.11 Å². The molecular formula is C12H25N3O4S. The van der Waals surface area contributed by atoms with Crippen LogP contribution >= 0.6 is 0 Å². The first-order chi connectivity index (χ1) is 9.04. The van der Waals surface area contributed by atoms with Crippen molar-refractivity contribution in [1.82, 2.24) is 14.5 Å². The molecule has 0 amide bonds. The van der Waals surface area contributed by atoms with Gasteiger partial charge in [0.1, 0.15) is 5.54 Å². The summed E-state index contributed by atoms with van der Waals surface area (Å²) < 4.78 is 24.3. The average Bonchev–Trinajstić information content (AvgIpc) is 2.26. The van der Waals surface area contributed by atoms with Crippen molar-refractivity contribution in [3.8, 4) is 0 Å². The molecule has 1 rings (SSSR count). The Morgan fingerprint density at radius 2 is 1.80 bits per heavy atom. The van der Waals surface area contributed by atoms with Crippen LogP contribution in [0.15, 0.2) is 0 Å². The van der Waals surface area contributed by atoms with Gasteiger partial charge in [0, 0.05) is 38.8 Å². The molecule has 7 nitrogen and oxygen atoms in total. The number of carbonyl (C=O) groups is 1. The van der Waals surface area contributed by atoms with E-state index in [-0.39, 0.29) is 6.04 Å². The molecule has 118 valence electrons. The van der Waals surface area contributed by atoms with Crippen LogP contribution in [0.4, 0.5) is 0 Å². The van der Waals surface area contributed by atoms with Gasteiger partial charge in [0.25, 0.3) is 0 Å². The van der Waals surface area contributed by atoms with Gasteiger partial charge in [-0.2, -0.15) is 4.31 Å². The third-order valence-corrected chi connectivity index (χ3v) is 4.72. The van der Waals surface area contributed by atoms with Crippen molar-refractivity contribution in [2.75, 3.05) is 39.0 Å². The van der Waals surface area contributed by atoms with E-state index in [0.29, 0.717) is 32.7 Å². The lowest BCUT2D eigenvalue weighted by atomic mass is 10.00. The molecule has 1 heterocycles. The molecule has 1 saturated heterocycles. The van der Waals surface area contributed by atoms with Gasteiger partial charge in [-0.1, -0.05) is 0 Å². The first kappa shape index (κ1) is 17.4. The summed E-state index contributed by atoms with van der Waals surface area (Å²) >= 11 is 0. The molecule has 1 fully saturated rings. The summed E-state index contributed by atoms with van der Waals surface area (Å²) in [5.41, 5.74) is -1.03. The van der Waals surface area contributed by atoms with Crippen LogP contribution in [0.25, 0.3) is 0 Å². The van der Waals surface area contributed by atoms with Crippen molar-refractivity contribution in [2.45, 2.75) is 32.4 Å². The predicted molar refractivity (Wildman–Crippen MR) is 77.2 cm³/mol. The minimum absolute atomic E-state index is 0.0633. The molecule has 0 aromatic carbocycles. The molecule has 0 radical (unpaired) electrons. The van der Waals surface area contributed by atoms with Gasteiger partial charge >= 0.3 is 5.97 Å². The van der Waals surface area contributed by atoms with Gasteiger partial charge in [-0.25, -0.2) is 8.42 Å². The Hall–Kier alpha value is -0.700. The molecule has 0 bridgehead atoms. The number of hydrogen-bond donors (Lipinski definition) is 2. The molecule has 1 aliphatic rings. The Labute approximate surface area is 121 Å². The smallest absolute Gasteiger partial charge is 0.324 e. The molecule has 0 aromatic rings. The molecule has 0 aliphatic carbocycles. The van der Waals surface area contributed by atoms with Crippen molar-refractivity contribution < 1.29 is 18.3 Å². The number of nitrogens with zero attached hydrogens (tertiary/aromatic N) is 2. The maximum Gasteiger partial charge on any atom is 0.324 e. The van der Waals surface area contributed by atoms with Crippen LogP contribution < -0.4 is 5.32 Å². The fourth-order valence-electron chi connectivity index (χ4n) is 2.48. The third-order valence-electron chi connectivity index (χ3n) is 3.42. The lowest BCUT2D eigenvalue weighted by molar-refractivity contribution is -0.145. The molecular weight excluding hydrogens is 282 g/mol. The van der Waals surface area contributed by atoms with E-state index < -0.39 is 21.5 Å². The Bertz CT molecular complexity index is 444. The number of aliphatic carboxylic acids is 1. The molecule has 1 unspecified atom stereocenters. The molecule has 0 saturated carbocycles. The quantitative estimate of drug-likeness (QED) is 0.681. The van der Waals surface area contributed by atoms with E-state index in [1.165, 1.54) is 10.6 Å². The molecule has 2 N–H and O–H groups in total. The van der Waals surface area contributed by atoms with Gasteiger partial charge in [-0.05, 0) is 20.8 Å². The van der Waals surface area contributed by atoms with Gasteiger partial charge in [-0.15, -0.1) is 0 Å². The summed E-state index contributed by atoms with van der Waals surface area (Å²) in [5.74, 6) is -0.892. The standard InChI is InChI=1S/C12H25N3O4S/c1-10(2)13-12(3,11(16)17)9-14-5-7-15(8-6-14)20(4,18)19/h10,13H,5-9H2,1-4H3,(H,16,17). The number of carboxylic acids is 1. The molecule has 0 aromatic heterocycles. The van der Waals surface area contributed by atoms with E-state index in [2.05, 4.69) is 5.32 Å². The van der Waals surface area contributed by atoms with Crippen LogP contribution in [0.5, 0.6) is 0 Å². The zero-order valence-electron chi connectivity index (χ0n) is 12.6. The third kappa shape index (κ3) is 4.69. The topological polar surface area (TPSA) is 90.0 Å². The van der Waals surface area contributed by atoms with E-state index in [0.717, 1.165) is 0 Å². The van der Waals surface area contributed by atoms with Crippen molar-refractivity contribution in [2.24, 2.45) is 0 Å². The first-order valence-electron chi connectivity index (χ1n) is 6.73. The highest BCUT2D eigenvalue weighted by Crippen LogP contribution is 2.13. The van der Waals surface area contributed by atoms with Crippen molar-refractivity contribution in [1.29, 1.82) is 0 Å². The van der Waals surface area contributed by atoms with Gasteiger partial charge in [-0.3, -0.25) is 15.0 Å². The lowest BCUT2D eigenvalue weighted by Gasteiger charge is -2.38. The summed E-state index contributed by atoms with van der Waals surface area (Å²) in [6, 6.07) is 0.0633. The van der Waals surface area contributed by atoms with E-state index >= 15 is 0 Å². The molecule has 1 atom stereocenters. The Balaban J connectivity index is 2.63. The van der Waals surface area contributed by atoms with E-state index in [1.54, 1.807) is 6.92 Å². The summed E-state index contributed by atoms with van der Waals surface area (Å²) in [5, 5.41) is 12.5. The first-order valence-corrected chi connectivity index (χ1v) is 8.58. The molecule has 0 spiro atoms. The van der Waals surface area contributed by atoms with Gasteiger partial charge in [0.2, 0.25) is 10.0 Å². The van der Waals surface area contributed by atoms with E-state index in [1.807, 2.05) is 18.7 Å². The van der Waals surface area contributed by atoms with Crippen LogP contribution in [-0.4, -0.2) is 79.3 Å². The average molecular weight is 307 g/mol. The maximum absolute atomic E-state index is 11.5. The minimum atomic E-state index is -3.15.